The van der Waals surface area contributed by atoms with Gasteiger partial charge in [0.05, 0.1) is 0 Å². The van der Waals surface area contributed by atoms with Crippen LogP contribution in [0.2, 0.25) is 0 Å². The number of likely N-dealkylation sites (N-methyl/N-ethyl adjacent to an activating group) is 1. The lowest BCUT2D eigenvalue weighted by atomic mass is 9.79. The summed E-state index contributed by atoms with van der Waals surface area (Å²) in [5.41, 5.74) is 1.47. The fourth-order valence-corrected chi connectivity index (χ4v) is 1.47. The maximum Gasteiger partial charge on any atom is 0.488 e. The van der Waals surface area contributed by atoms with Gasteiger partial charge in [-0.2, -0.15) is 0 Å². The molecule has 0 saturated heterocycles. The second-order valence-electron chi connectivity index (χ2n) is 3.60. The van der Waals surface area contributed by atoms with Crippen LogP contribution in [0.3, 0.4) is 0 Å². The first-order valence-electron chi connectivity index (χ1n) is 5.31. The summed E-state index contributed by atoms with van der Waals surface area (Å²) in [4.78, 5) is 12.2. The molecule has 0 saturated carbocycles. The number of hydrogen-bond acceptors (Lipinski definition) is 3. The van der Waals surface area contributed by atoms with Crippen molar-refractivity contribution in [2.45, 2.75) is 13.3 Å². The average Bonchev–Trinajstić information content (AvgIpc) is 2.31. The zero-order valence-electron chi connectivity index (χ0n) is 9.34. The van der Waals surface area contributed by atoms with Crippen LogP contribution >= 0.6 is 0 Å². The minimum Gasteiger partial charge on any atom is -0.423 e. The molecule has 4 nitrogen and oxygen atoms in total. The molecule has 0 aliphatic rings. The minimum atomic E-state index is -1.44. The van der Waals surface area contributed by atoms with Gasteiger partial charge in [0.15, 0.2) is 0 Å². The van der Waals surface area contributed by atoms with E-state index in [4.69, 9.17) is 10.0 Å². The van der Waals surface area contributed by atoms with Crippen LogP contribution in [-0.2, 0) is 11.2 Å². The number of carbonyl (C=O) groups is 1. The summed E-state index contributed by atoms with van der Waals surface area (Å²) in [5.74, 6) is 0. The molecule has 2 N–H and O–H groups in total. The Bertz CT molecular complexity index is 344. The summed E-state index contributed by atoms with van der Waals surface area (Å²) in [6, 6.07) is 7.08. The number of carbonyl (C=O) groups excluding carboxylic acids is 1. The Morgan fingerprint density at radius 1 is 1.44 bits per heavy atom. The van der Waals surface area contributed by atoms with Crippen LogP contribution in [0.4, 0.5) is 0 Å². The van der Waals surface area contributed by atoms with Gasteiger partial charge in [-0.3, -0.25) is 4.79 Å². The van der Waals surface area contributed by atoms with E-state index in [0.717, 1.165) is 12.0 Å². The Morgan fingerprint density at radius 2 is 2.19 bits per heavy atom. The van der Waals surface area contributed by atoms with E-state index in [1.54, 1.807) is 23.1 Å². The topological polar surface area (TPSA) is 60.8 Å². The Balaban J connectivity index is 2.60. The highest BCUT2D eigenvalue weighted by molar-refractivity contribution is 6.58. The fraction of sp³-hybridized carbons (Fsp3) is 0.364. The number of benzene rings is 1. The van der Waals surface area contributed by atoms with Crippen LogP contribution in [0.1, 0.15) is 12.5 Å². The van der Waals surface area contributed by atoms with Crippen molar-refractivity contribution in [2.75, 3.05) is 13.1 Å². The van der Waals surface area contributed by atoms with E-state index < -0.39 is 7.12 Å². The summed E-state index contributed by atoms with van der Waals surface area (Å²) < 4.78 is 0. The van der Waals surface area contributed by atoms with Crippen LogP contribution in [0.15, 0.2) is 24.3 Å². The van der Waals surface area contributed by atoms with Crippen molar-refractivity contribution in [3.63, 3.8) is 0 Å². The lowest BCUT2D eigenvalue weighted by Crippen LogP contribution is -2.30. The third-order valence-corrected chi connectivity index (χ3v) is 2.49. The molecule has 0 radical (unpaired) electrons. The van der Waals surface area contributed by atoms with E-state index in [1.165, 1.54) is 0 Å². The van der Waals surface area contributed by atoms with Gasteiger partial charge in [-0.1, -0.05) is 24.3 Å². The van der Waals surface area contributed by atoms with Gasteiger partial charge in [-0.25, -0.2) is 0 Å². The van der Waals surface area contributed by atoms with Crippen LogP contribution in [0.25, 0.3) is 0 Å². The molecule has 0 atom stereocenters. The van der Waals surface area contributed by atoms with Crippen molar-refractivity contribution >= 4 is 19.0 Å². The van der Waals surface area contributed by atoms with Gasteiger partial charge in [-0.05, 0) is 24.4 Å². The maximum absolute atomic E-state index is 10.6. The molecular formula is C11H16BNO3. The third kappa shape index (κ3) is 3.68. The van der Waals surface area contributed by atoms with Gasteiger partial charge in [0.2, 0.25) is 6.41 Å². The fourth-order valence-electron chi connectivity index (χ4n) is 1.47. The summed E-state index contributed by atoms with van der Waals surface area (Å²) >= 11 is 0. The number of amides is 1. The highest BCUT2D eigenvalue weighted by Gasteiger charge is 2.10. The monoisotopic (exact) mass is 221 g/mol. The quantitative estimate of drug-likeness (QED) is 0.497. The second-order valence-corrected chi connectivity index (χ2v) is 3.60. The average molecular weight is 221 g/mol. The maximum atomic E-state index is 10.6. The Hall–Kier alpha value is -1.33. The van der Waals surface area contributed by atoms with Crippen LogP contribution in [0.5, 0.6) is 0 Å². The molecule has 1 aromatic rings. The SMILES string of the molecule is CCN(C=O)CCc1cccc(B(O)O)c1. The van der Waals surface area contributed by atoms with Crippen LogP contribution in [-0.4, -0.2) is 41.6 Å². The lowest BCUT2D eigenvalue weighted by molar-refractivity contribution is -0.117. The molecule has 1 rings (SSSR count). The van der Waals surface area contributed by atoms with Gasteiger partial charge in [0.1, 0.15) is 0 Å². The number of nitrogens with zero attached hydrogens (tertiary/aromatic N) is 1. The summed E-state index contributed by atoms with van der Waals surface area (Å²) in [7, 11) is -1.44. The van der Waals surface area contributed by atoms with Gasteiger partial charge in [-0.15, -0.1) is 0 Å². The third-order valence-electron chi connectivity index (χ3n) is 2.49. The molecule has 0 bridgehead atoms. The first-order chi connectivity index (χ1) is 7.67. The van der Waals surface area contributed by atoms with E-state index in [9.17, 15) is 4.79 Å². The van der Waals surface area contributed by atoms with Crippen molar-refractivity contribution < 1.29 is 14.8 Å². The van der Waals surface area contributed by atoms with Crippen molar-refractivity contribution in [1.29, 1.82) is 0 Å². The molecule has 0 aliphatic heterocycles. The number of hydrogen-bond donors (Lipinski definition) is 2. The van der Waals surface area contributed by atoms with Gasteiger partial charge in [0, 0.05) is 13.1 Å². The van der Waals surface area contributed by atoms with Crippen LogP contribution in [0, 0.1) is 0 Å². The molecule has 0 aromatic heterocycles. The van der Waals surface area contributed by atoms with Gasteiger partial charge in [0.25, 0.3) is 0 Å². The first kappa shape index (κ1) is 12.7. The van der Waals surface area contributed by atoms with Crippen molar-refractivity contribution in [1.82, 2.24) is 4.90 Å². The molecule has 5 heteroatoms. The molecule has 86 valence electrons. The zero-order valence-corrected chi connectivity index (χ0v) is 9.34. The van der Waals surface area contributed by atoms with Crippen LogP contribution < -0.4 is 5.46 Å². The molecule has 0 spiro atoms. The van der Waals surface area contributed by atoms with E-state index in [2.05, 4.69) is 0 Å². The predicted octanol–water partition coefficient (Wildman–Crippen LogP) is -0.613. The molecule has 0 fully saturated rings. The number of rotatable bonds is 6. The molecule has 1 aromatic carbocycles. The zero-order chi connectivity index (χ0) is 12.0. The minimum absolute atomic E-state index is 0.478. The molecule has 0 heterocycles. The highest BCUT2D eigenvalue weighted by Crippen LogP contribution is 2.00. The lowest BCUT2D eigenvalue weighted by Gasteiger charge is -2.14. The normalized spacial score (nSPS) is 9.94. The van der Waals surface area contributed by atoms with E-state index in [1.807, 2.05) is 13.0 Å². The van der Waals surface area contributed by atoms with Gasteiger partial charge >= 0.3 is 7.12 Å². The summed E-state index contributed by atoms with van der Waals surface area (Å²) in [5, 5.41) is 18.0. The summed E-state index contributed by atoms with van der Waals surface area (Å²) in [6.45, 7) is 3.25. The van der Waals surface area contributed by atoms with Crippen molar-refractivity contribution in [3.05, 3.63) is 29.8 Å². The first-order valence-corrected chi connectivity index (χ1v) is 5.31. The Labute approximate surface area is 95.7 Å². The molecular weight excluding hydrogens is 205 g/mol. The molecule has 16 heavy (non-hydrogen) atoms. The smallest absolute Gasteiger partial charge is 0.423 e. The van der Waals surface area contributed by atoms with Crippen molar-refractivity contribution in [3.8, 4) is 0 Å². The van der Waals surface area contributed by atoms with Gasteiger partial charge < -0.3 is 14.9 Å². The van der Waals surface area contributed by atoms with Crippen molar-refractivity contribution in [2.24, 2.45) is 0 Å². The second kappa shape index (κ2) is 6.30. The summed E-state index contributed by atoms with van der Waals surface area (Å²) in [6.07, 6.45) is 1.54. The Morgan fingerprint density at radius 3 is 2.75 bits per heavy atom. The van der Waals surface area contributed by atoms with E-state index >= 15 is 0 Å². The van der Waals surface area contributed by atoms with E-state index in [-0.39, 0.29) is 0 Å². The van der Waals surface area contributed by atoms with E-state index in [0.29, 0.717) is 25.0 Å². The predicted molar refractivity (Wildman–Crippen MR) is 63.3 cm³/mol. The molecule has 0 aliphatic carbocycles. The standard InChI is InChI=1S/C11H16BNO3/c1-2-13(9-14)7-6-10-4-3-5-11(8-10)12(15)16/h3-5,8-9,15-16H,2,6-7H2,1H3. The molecule has 0 unspecified atom stereocenters. The molecule has 1 amide bonds. The highest BCUT2D eigenvalue weighted by atomic mass is 16.4. The Kier molecular flexibility index (Phi) is 5.02. The largest absolute Gasteiger partial charge is 0.488 e.